The van der Waals surface area contributed by atoms with Crippen LogP contribution in [-0.4, -0.2) is 22.2 Å². The fourth-order valence-corrected chi connectivity index (χ4v) is 3.20. The van der Waals surface area contributed by atoms with Gasteiger partial charge in [0.1, 0.15) is 5.75 Å². The summed E-state index contributed by atoms with van der Waals surface area (Å²) < 4.78 is 11.0. The zero-order valence-corrected chi connectivity index (χ0v) is 14.0. The van der Waals surface area contributed by atoms with Crippen molar-refractivity contribution >= 4 is 11.3 Å². The van der Waals surface area contributed by atoms with Gasteiger partial charge in [-0.2, -0.15) is 0 Å². The van der Waals surface area contributed by atoms with Crippen molar-refractivity contribution in [2.45, 2.75) is 26.6 Å². The smallest absolute Gasteiger partial charge is 0.230 e. The van der Waals surface area contributed by atoms with Crippen LogP contribution in [0.15, 0.2) is 46.2 Å². The number of aromatic nitrogens is 2. The Morgan fingerprint density at radius 3 is 2.65 bits per heavy atom. The van der Waals surface area contributed by atoms with Crippen LogP contribution in [0.2, 0.25) is 0 Å². The summed E-state index contributed by atoms with van der Waals surface area (Å²) in [7, 11) is 1.70. The van der Waals surface area contributed by atoms with Crippen molar-refractivity contribution in [2.24, 2.45) is 0 Å². The minimum atomic E-state index is 0.591. The number of aryl methyl sites for hydroxylation is 1. The predicted molar refractivity (Wildman–Crippen MR) is 89.3 cm³/mol. The summed E-state index contributed by atoms with van der Waals surface area (Å²) in [4.78, 5) is 3.58. The van der Waals surface area contributed by atoms with Crippen LogP contribution in [0.1, 0.15) is 22.2 Å². The van der Waals surface area contributed by atoms with Crippen LogP contribution < -0.4 is 4.74 Å². The van der Waals surface area contributed by atoms with Crippen molar-refractivity contribution in [1.82, 2.24) is 15.1 Å². The number of para-hydroxylation sites is 1. The standard InChI is InChI=1S/C17H19N3O2S/c1-13-18-19-17(22-13)12-20(11-15-7-5-9-23-15)10-14-6-3-4-8-16(14)21-2/h3-9H,10-12H2,1-2H3. The zero-order valence-electron chi connectivity index (χ0n) is 13.2. The highest BCUT2D eigenvalue weighted by Crippen LogP contribution is 2.22. The van der Waals surface area contributed by atoms with Crippen LogP contribution in [0.5, 0.6) is 5.75 Å². The molecule has 0 saturated heterocycles. The van der Waals surface area contributed by atoms with E-state index in [9.17, 15) is 0 Å². The highest BCUT2D eigenvalue weighted by molar-refractivity contribution is 7.09. The van der Waals surface area contributed by atoms with Crippen molar-refractivity contribution < 1.29 is 9.15 Å². The van der Waals surface area contributed by atoms with Gasteiger partial charge in [-0.15, -0.1) is 21.5 Å². The molecule has 0 atom stereocenters. The normalized spacial score (nSPS) is 11.1. The van der Waals surface area contributed by atoms with Crippen LogP contribution in [-0.2, 0) is 19.6 Å². The molecular formula is C17H19N3O2S. The van der Waals surface area contributed by atoms with Crippen molar-refractivity contribution in [2.75, 3.05) is 7.11 Å². The molecule has 0 aliphatic heterocycles. The van der Waals surface area contributed by atoms with E-state index >= 15 is 0 Å². The van der Waals surface area contributed by atoms with Crippen LogP contribution in [0.3, 0.4) is 0 Å². The second-order valence-electron chi connectivity index (χ2n) is 5.25. The first kappa shape index (κ1) is 15.7. The topological polar surface area (TPSA) is 51.4 Å². The molecule has 2 aromatic heterocycles. The lowest BCUT2D eigenvalue weighted by Gasteiger charge is -2.21. The summed E-state index contributed by atoms with van der Waals surface area (Å²) in [5.41, 5.74) is 1.14. The average Bonchev–Trinajstić information content (AvgIpc) is 3.20. The van der Waals surface area contributed by atoms with Crippen LogP contribution in [0, 0.1) is 6.92 Å². The van der Waals surface area contributed by atoms with Gasteiger partial charge in [0, 0.05) is 30.5 Å². The number of benzene rings is 1. The molecule has 0 spiro atoms. The maximum absolute atomic E-state index is 5.54. The molecule has 0 N–H and O–H groups in total. The van der Waals surface area contributed by atoms with E-state index in [0.29, 0.717) is 18.3 Å². The quantitative estimate of drug-likeness (QED) is 0.662. The number of thiophene rings is 1. The Hall–Kier alpha value is -2.18. The summed E-state index contributed by atoms with van der Waals surface area (Å²) in [6.45, 7) is 4.00. The maximum atomic E-state index is 5.54. The van der Waals surface area contributed by atoms with Crippen molar-refractivity contribution in [3.05, 3.63) is 64.0 Å². The fraction of sp³-hybridized carbons (Fsp3) is 0.294. The third kappa shape index (κ3) is 4.18. The molecule has 0 saturated carbocycles. The molecule has 2 heterocycles. The molecule has 0 aliphatic carbocycles. The van der Waals surface area contributed by atoms with Gasteiger partial charge >= 0.3 is 0 Å². The lowest BCUT2D eigenvalue weighted by Crippen LogP contribution is -2.22. The largest absolute Gasteiger partial charge is 0.496 e. The molecule has 0 radical (unpaired) electrons. The Balaban J connectivity index is 1.79. The van der Waals surface area contributed by atoms with Gasteiger partial charge in [-0.25, -0.2) is 0 Å². The second kappa shape index (κ2) is 7.39. The lowest BCUT2D eigenvalue weighted by molar-refractivity contribution is 0.220. The molecule has 0 fully saturated rings. The molecule has 3 rings (SSSR count). The van der Waals surface area contributed by atoms with Gasteiger partial charge in [-0.3, -0.25) is 4.90 Å². The van der Waals surface area contributed by atoms with Gasteiger partial charge in [-0.1, -0.05) is 24.3 Å². The molecule has 6 heteroatoms. The molecule has 0 aliphatic rings. The molecule has 5 nitrogen and oxygen atoms in total. The van der Waals surface area contributed by atoms with E-state index in [-0.39, 0.29) is 0 Å². The first-order chi connectivity index (χ1) is 11.2. The van der Waals surface area contributed by atoms with Gasteiger partial charge in [0.15, 0.2) is 0 Å². The van der Waals surface area contributed by atoms with E-state index in [1.807, 2.05) is 18.2 Å². The number of hydrogen-bond donors (Lipinski definition) is 0. The van der Waals surface area contributed by atoms with Crippen LogP contribution >= 0.6 is 11.3 Å². The molecule has 23 heavy (non-hydrogen) atoms. The Morgan fingerprint density at radius 2 is 1.96 bits per heavy atom. The number of methoxy groups -OCH3 is 1. The Bertz CT molecular complexity index is 740. The summed E-state index contributed by atoms with van der Waals surface area (Å²) in [6, 6.07) is 12.3. The van der Waals surface area contributed by atoms with Gasteiger partial charge in [-0.05, 0) is 17.5 Å². The average molecular weight is 329 g/mol. The van der Waals surface area contributed by atoms with E-state index in [2.05, 4.69) is 38.7 Å². The first-order valence-corrected chi connectivity index (χ1v) is 8.28. The molecule has 0 amide bonds. The Morgan fingerprint density at radius 1 is 1.09 bits per heavy atom. The molecule has 0 unspecified atom stereocenters. The summed E-state index contributed by atoms with van der Waals surface area (Å²) in [6.07, 6.45) is 0. The first-order valence-electron chi connectivity index (χ1n) is 7.40. The van der Waals surface area contributed by atoms with E-state index in [4.69, 9.17) is 9.15 Å². The van der Waals surface area contributed by atoms with Crippen molar-refractivity contribution in [3.63, 3.8) is 0 Å². The Labute approximate surface area is 139 Å². The molecule has 1 aromatic carbocycles. The predicted octanol–water partition coefficient (Wildman–Crippen LogP) is 3.65. The van der Waals surface area contributed by atoms with E-state index in [0.717, 1.165) is 24.4 Å². The number of rotatable bonds is 7. The Kier molecular flexibility index (Phi) is 5.05. The van der Waals surface area contributed by atoms with E-state index < -0.39 is 0 Å². The van der Waals surface area contributed by atoms with Gasteiger partial charge in [0.25, 0.3) is 0 Å². The van der Waals surface area contributed by atoms with Crippen molar-refractivity contribution in [3.8, 4) is 5.75 Å². The highest BCUT2D eigenvalue weighted by atomic mass is 32.1. The molecule has 3 aromatic rings. The van der Waals surface area contributed by atoms with Crippen LogP contribution in [0.4, 0.5) is 0 Å². The molecular weight excluding hydrogens is 310 g/mol. The van der Waals surface area contributed by atoms with E-state index in [1.54, 1.807) is 25.4 Å². The third-order valence-corrected chi connectivity index (χ3v) is 4.33. The number of hydrogen-bond acceptors (Lipinski definition) is 6. The third-order valence-electron chi connectivity index (χ3n) is 3.47. The highest BCUT2D eigenvalue weighted by Gasteiger charge is 2.14. The molecule has 120 valence electrons. The van der Waals surface area contributed by atoms with Gasteiger partial charge < -0.3 is 9.15 Å². The van der Waals surface area contributed by atoms with Crippen molar-refractivity contribution in [1.29, 1.82) is 0 Å². The number of nitrogens with zero attached hydrogens (tertiary/aromatic N) is 3. The second-order valence-corrected chi connectivity index (χ2v) is 6.28. The van der Waals surface area contributed by atoms with Crippen LogP contribution in [0.25, 0.3) is 0 Å². The maximum Gasteiger partial charge on any atom is 0.230 e. The zero-order chi connectivity index (χ0) is 16.1. The lowest BCUT2D eigenvalue weighted by atomic mass is 10.2. The molecule has 0 bridgehead atoms. The monoisotopic (exact) mass is 329 g/mol. The van der Waals surface area contributed by atoms with Gasteiger partial charge in [0.05, 0.1) is 13.7 Å². The minimum absolute atomic E-state index is 0.591. The van der Waals surface area contributed by atoms with E-state index in [1.165, 1.54) is 4.88 Å². The minimum Gasteiger partial charge on any atom is -0.496 e. The van der Waals surface area contributed by atoms with Gasteiger partial charge in [0.2, 0.25) is 11.8 Å². The summed E-state index contributed by atoms with van der Waals surface area (Å²) in [5, 5.41) is 10.1. The SMILES string of the molecule is COc1ccccc1CN(Cc1nnc(C)o1)Cc1cccs1. The summed E-state index contributed by atoms with van der Waals surface area (Å²) in [5.74, 6) is 2.12. The fourth-order valence-electron chi connectivity index (χ4n) is 2.46. The summed E-state index contributed by atoms with van der Waals surface area (Å²) >= 11 is 1.75. The number of ether oxygens (including phenoxy) is 1.